The van der Waals surface area contributed by atoms with Crippen LogP contribution >= 0.6 is 7.82 Å². The Hall–Kier alpha value is 1.71. The second-order valence-corrected chi connectivity index (χ2v) is 1.34. The summed E-state index contributed by atoms with van der Waals surface area (Å²) in [7, 11) is -5.39. The average Bonchev–Trinajstić information content (AvgIpc) is 0.722. The Labute approximate surface area is 79.0 Å². The van der Waals surface area contributed by atoms with Crippen molar-refractivity contribution in [1.82, 2.24) is 0 Å². The van der Waals surface area contributed by atoms with Gasteiger partial charge in [-0.05, 0) is 0 Å². The van der Waals surface area contributed by atoms with Gasteiger partial charge in [-0.15, -0.1) is 0 Å². The van der Waals surface area contributed by atoms with Gasteiger partial charge in [-0.1, -0.05) is 0 Å². The van der Waals surface area contributed by atoms with Gasteiger partial charge in [0.2, 0.25) is 0 Å². The van der Waals surface area contributed by atoms with Gasteiger partial charge in [-0.25, -0.2) is 0 Å². The molecule has 8 heavy (non-hydrogen) atoms. The molecule has 8 heteroatoms. The third kappa shape index (κ3) is 119. The van der Waals surface area contributed by atoms with Crippen molar-refractivity contribution in [3.63, 3.8) is 0 Å². The van der Waals surface area contributed by atoms with Gasteiger partial charge in [-0.2, -0.15) is 7.82 Å². The Balaban J connectivity index is -0.0000000267. The molecule has 0 N–H and O–H groups in total. The smallest absolute Gasteiger partial charge is 0.822 e. The van der Waals surface area contributed by atoms with Crippen molar-refractivity contribution in [3.8, 4) is 0 Å². The van der Waals surface area contributed by atoms with Crippen molar-refractivity contribution in [2.75, 3.05) is 0 Å². The second-order valence-electron chi connectivity index (χ2n) is 0.447. The van der Waals surface area contributed by atoms with E-state index in [2.05, 4.69) is 0 Å². The van der Waals surface area contributed by atoms with Crippen molar-refractivity contribution in [2.45, 2.75) is 0 Å². The molecule has 0 heterocycles. The van der Waals surface area contributed by atoms with Gasteiger partial charge in [-0.3, -0.25) is 0 Å². The summed E-state index contributed by atoms with van der Waals surface area (Å²) in [4.78, 5) is 25.6. The minimum Gasteiger partial charge on any atom is -0.822 e. The van der Waals surface area contributed by atoms with E-state index in [4.69, 9.17) is 19.2 Å². The summed E-state index contributed by atoms with van der Waals surface area (Å²) in [6.07, 6.45) is 0. The van der Waals surface area contributed by atoms with Crippen molar-refractivity contribution < 1.29 is 71.4 Å². The first-order valence-corrected chi connectivity index (χ1v) is 2.19. The fraction of sp³-hybridized carbons (Fsp3) is 0. The molecule has 0 saturated heterocycles. The minimum absolute atomic E-state index is 0. The van der Waals surface area contributed by atoms with Crippen LogP contribution in [0, 0.1) is 0 Å². The Morgan fingerprint density at radius 3 is 1.12 bits per heavy atom. The molecule has 0 spiro atoms. The van der Waals surface area contributed by atoms with Crippen LogP contribution in [0.4, 0.5) is 0 Å². The molecule has 4 nitrogen and oxygen atoms in total. The quantitative estimate of drug-likeness (QED) is 0.300. The molecule has 0 saturated carbocycles. The van der Waals surface area contributed by atoms with Crippen LogP contribution in [0.25, 0.3) is 0 Å². The number of rotatable bonds is 0. The monoisotopic (exact) mass is 219 g/mol. The second kappa shape index (κ2) is 8.71. The number of hydrogen-bond acceptors (Lipinski definition) is 4. The average molecular weight is 220 g/mol. The van der Waals surface area contributed by atoms with Crippen molar-refractivity contribution in [3.05, 3.63) is 0 Å². The maximum Gasteiger partial charge on any atom is 2.00 e. The van der Waals surface area contributed by atoms with Crippen LogP contribution in [0.1, 0.15) is 0 Å². The fourth-order valence-corrected chi connectivity index (χ4v) is 0. The number of phosphoric acid groups is 1. The van der Waals surface area contributed by atoms with E-state index in [1.165, 1.54) is 0 Å². The van der Waals surface area contributed by atoms with E-state index in [1.807, 2.05) is 0 Å². The first-order chi connectivity index (χ1) is 2.00. The molecule has 0 aromatic rings. The Morgan fingerprint density at radius 1 is 1.12 bits per heavy atom. The van der Waals surface area contributed by atoms with Gasteiger partial charge in [0.15, 0.2) is 0 Å². The maximum absolute atomic E-state index is 8.55. The predicted molar refractivity (Wildman–Crippen MR) is 7.61 cm³/mol. The fourth-order valence-electron chi connectivity index (χ4n) is 0. The molecule has 0 rings (SSSR count). The first kappa shape index (κ1) is 22.6. The van der Waals surface area contributed by atoms with Crippen LogP contribution in [-0.4, -0.2) is 0 Å². The first-order valence-electron chi connectivity index (χ1n) is 0.730. The predicted octanol–water partition coefficient (Wildman–Crippen LogP) is -5.83. The van der Waals surface area contributed by atoms with Crippen molar-refractivity contribution in [2.24, 2.45) is 0 Å². The molecular formula is CoLiNiO4P+2. The van der Waals surface area contributed by atoms with E-state index in [1.54, 1.807) is 0 Å². The Kier molecular flexibility index (Phi) is 24.6. The van der Waals surface area contributed by atoms with E-state index in [-0.39, 0.29) is 52.1 Å². The van der Waals surface area contributed by atoms with E-state index >= 15 is 0 Å². The molecule has 1 radical (unpaired) electrons. The molecule has 0 aliphatic heterocycles. The Morgan fingerprint density at radius 2 is 1.12 bits per heavy atom. The SMILES string of the molecule is O=P([O-])([O-])[O-].[Co+2].[Li+].[Ni+2]. The van der Waals surface area contributed by atoms with E-state index in [0.29, 0.717) is 0 Å². The van der Waals surface area contributed by atoms with Crippen LogP contribution in [0.5, 0.6) is 0 Å². The number of hydrogen-bond donors (Lipinski definition) is 0. The molecule has 0 bridgehead atoms. The van der Waals surface area contributed by atoms with Gasteiger partial charge in [0.1, 0.15) is 0 Å². The summed E-state index contributed by atoms with van der Waals surface area (Å²) in [6.45, 7) is 0. The third-order valence-electron chi connectivity index (χ3n) is 0. The maximum atomic E-state index is 8.55. The zero-order valence-electron chi connectivity index (χ0n) is 3.73. The molecule has 0 aliphatic carbocycles. The van der Waals surface area contributed by atoms with Crippen molar-refractivity contribution in [1.29, 1.82) is 0 Å². The third-order valence-corrected chi connectivity index (χ3v) is 0. The van der Waals surface area contributed by atoms with Gasteiger partial charge in [0.05, 0.1) is 0 Å². The van der Waals surface area contributed by atoms with E-state index in [0.717, 1.165) is 0 Å². The summed E-state index contributed by atoms with van der Waals surface area (Å²) in [6, 6.07) is 0. The van der Waals surface area contributed by atoms with Crippen LogP contribution < -0.4 is 33.5 Å². The largest absolute Gasteiger partial charge is 2.00 e. The molecule has 0 aliphatic rings. The van der Waals surface area contributed by atoms with Crippen LogP contribution in [0.15, 0.2) is 0 Å². The zero-order valence-corrected chi connectivity index (χ0v) is 6.65. The summed E-state index contributed by atoms with van der Waals surface area (Å²) < 4.78 is 8.55. The standard InChI is InChI=1S/Co.Li.Ni.H3O4P/c;;;1-5(2,3)4/h;;;(H3,1,2,3,4)/q+2;+1;+2;/p-3. The summed E-state index contributed by atoms with van der Waals surface area (Å²) in [5.41, 5.74) is 0. The van der Waals surface area contributed by atoms with Gasteiger partial charge < -0.3 is 19.2 Å². The zero-order chi connectivity index (χ0) is 4.50. The van der Waals surface area contributed by atoms with Crippen LogP contribution in [-0.2, 0) is 37.8 Å². The topological polar surface area (TPSA) is 86.2 Å². The minimum atomic E-state index is -5.39. The van der Waals surface area contributed by atoms with Gasteiger partial charge in [0.25, 0.3) is 0 Å². The molecule has 47 valence electrons. The normalized spacial score (nSPS) is 7.38. The molecule has 0 atom stereocenters. The van der Waals surface area contributed by atoms with Crippen LogP contribution in [0.3, 0.4) is 0 Å². The molecule has 0 fully saturated rings. The molecule has 0 aromatic heterocycles. The molecule has 0 aromatic carbocycles. The van der Waals surface area contributed by atoms with Gasteiger partial charge >= 0.3 is 52.1 Å². The van der Waals surface area contributed by atoms with Gasteiger partial charge in [0, 0.05) is 0 Å². The summed E-state index contributed by atoms with van der Waals surface area (Å²) in [5, 5.41) is 0. The molecule has 0 amide bonds. The molecular weight excluding hydrogens is 220 g/mol. The summed E-state index contributed by atoms with van der Waals surface area (Å²) >= 11 is 0. The summed E-state index contributed by atoms with van der Waals surface area (Å²) in [5.74, 6) is 0. The van der Waals surface area contributed by atoms with E-state index in [9.17, 15) is 0 Å². The van der Waals surface area contributed by atoms with Crippen molar-refractivity contribution >= 4 is 7.82 Å². The van der Waals surface area contributed by atoms with E-state index < -0.39 is 7.82 Å². The Bertz CT molecular complexity index is 62.2. The molecule has 0 unspecified atom stereocenters. The van der Waals surface area contributed by atoms with Crippen LogP contribution in [0.2, 0.25) is 0 Å².